The Hall–Kier alpha value is -1.22. The van der Waals surface area contributed by atoms with Gasteiger partial charge in [0.25, 0.3) is 5.91 Å². The zero-order valence-electron chi connectivity index (χ0n) is 11.4. The van der Waals surface area contributed by atoms with Gasteiger partial charge in [-0.05, 0) is 36.8 Å². The standard InChI is InChI=1S/C15H20ClNO2/c1-15(2)8-7-11(9-15)17-14(18)10-19-13-6-4-3-5-12(13)16/h3-6,11H,7-10H2,1-2H3,(H,17,18). The van der Waals surface area contributed by atoms with Gasteiger partial charge in [0.15, 0.2) is 6.61 Å². The van der Waals surface area contributed by atoms with Gasteiger partial charge >= 0.3 is 0 Å². The summed E-state index contributed by atoms with van der Waals surface area (Å²) in [4.78, 5) is 11.8. The summed E-state index contributed by atoms with van der Waals surface area (Å²) in [6, 6.07) is 7.44. The number of carbonyl (C=O) groups excluding carboxylic acids is 1. The molecule has 1 aromatic carbocycles. The van der Waals surface area contributed by atoms with Crippen molar-refractivity contribution in [2.75, 3.05) is 6.61 Å². The minimum absolute atomic E-state index is 0.0145. The Morgan fingerprint density at radius 3 is 2.84 bits per heavy atom. The molecule has 1 aliphatic rings. The van der Waals surface area contributed by atoms with Crippen molar-refractivity contribution in [2.45, 2.75) is 39.2 Å². The van der Waals surface area contributed by atoms with Gasteiger partial charge in [-0.1, -0.05) is 37.6 Å². The van der Waals surface area contributed by atoms with Gasteiger partial charge in [0, 0.05) is 6.04 Å². The van der Waals surface area contributed by atoms with Gasteiger partial charge in [-0.2, -0.15) is 0 Å². The van der Waals surface area contributed by atoms with Crippen molar-refractivity contribution in [3.05, 3.63) is 29.3 Å². The molecule has 1 atom stereocenters. The Morgan fingerprint density at radius 1 is 1.47 bits per heavy atom. The second-order valence-electron chi connectivity index (χ2n) is 5.89. The Kier molecular flexibility index (Phi) is 4.35. The van der Waals surface area contributed by atoms with E-state index < -0.39 is 0 Å². The average Bonchev–Trinajstić information content (AvgIpc) is 2.67. The van der Waals surface area contributed by atoms with Gasteiger partial charge in [0.2, 0.25) is 0 Å². The van der Waals surface area contributed by atoms with E-state index in [-0.39, 0.29) is 18.6 Å². The van der Waals surface area contributed by atoms with Crippen LogP contribution < -0.4 is 10.1 Å². The molecule has 1 unspecified atom stereocenters. The summed E-state index contributed by atoms with van der Waals surface area (Å²) in [5.74, 6) is 0.466. The second kappa shape index (κ2) is 5.83. The van der Waals surface area contributed by atoms with Crippen molar-refractivity contribution in [3.8, 4) is 5.75 Å². The van der Waals surface area contributed by atoms with E-state index in [1.54, 1.807) is 12.1 Å². The summed E-state index contributed by atoms with van der Waals surface area (Å²) < 4.78 is 5.42. The normalized spacial score (nSPS) is 21.1. The summed E-state index contributed by atoms with van der Waals surface area (Å²) in [7, 11) is 0. The molecule has 0 radical (unpaired) electrons. The number of rotatable bonds is 4. The Bertz CT molecular complexity index is 459. The molecular weight excluding hydrogens is 262 g/mol. The van der Waals surface area contributed by atoms with Crippen LogP contribution in [0.2, 0.25) is 5.02 Å². The molecule has 0 bridgehead atoms. The number of ether oxygens (including phenoxy) is 1. The number of para-hydroxylation sites is 1. The molecule has 1 fully saturated rings. The van der Waals surface area contributed by atoms with E-state index in [1.165, 1.54) is 0 Å². The fourth-order valence-electron chi connectivity index (χ4n) is 2.53. The van der Waals surface area contributed by atoms with Crippen molar-refractivity contribution in [3.63, 3.8) is 0 Å². The summed E-state index contributed by atoms with van der Waals surface area (Å²) in [5, 5.41) is 3.54. The van der Waals surface area contributed by atoms with Crippen molar-refractivity contribution >= 4 is 17.5 Å². The number of carbonyl (C=O) groups is 1. The van der Waals surface area contributed by atoms with E-state index in [0.29, 0.717) is 16.2 Å². The van der Waals surface area contributed by atoms with Crippen LogP contribution in [0.5, 0.6) is 5.75 Å². The Labute approximate surface area is 119 Å². The topological polar surface area (TPSA) is 38.3 Å². The molecule has 0 spiro atoms. The third-order valence-corrected chi connectivity index (χ3v) is 3.84. The van der Waals surface area contributed by atoms with Gasteiger partial charge in [-0.25, -0.2) is 0 Å². The van der Waals surface area contributed by atoms with Crippen LogP contribution >= 0.6 is 11.6 Å². The average molecular weight is 282 g/mol. The molecular formula is C15H20ClNO2. The molecule has 19 heavy (non-hydrogen) atoms. The highest BCUT2D eigenvalue weighted by Gasteiger charge is 2.31. The number of amides is 1. The van der Waals surface area contributed by atoms with Crippen LogP contribution in [0.15, 0.2) is 24.3 Å². The summed E-state index contributed by atoms with van der Waals surface area (Å²) in [6.07, 6.45) is 3.24. The SMILES string of the molecule is CC1(C)CCC(NC(=O)COc2ccccc2Cl)C1. The first-order valence-electron chi connectivity index (χ1n) is 6.63. The maximum atomic E-state index is 11.8. The number of benzene rings is 1. The number of nitrogens with one attached hydrogen (secondary N) is 1. The van der Waals surface area contributed by atoms with E-state index in [1.807, 2.05) is 12.1 Å². The van der Waals surface area contributed by atoms with Crippen LogP contribution in [0.4, 0.5) is 0 Å². The molecule has 1 saturated carbocycles. The molecule has 0 aliphatic heterocycles. The lowest BCUT2D eigenvalue weighted by Gasteiger charge is -2.18. The van der Waals surface area contributed by atoms with Gasteiger partial charge in [-0.15, -0.1) is 0 Å². The lowest BCUT2D eigenvalue weighted by Crippen LogP contribution is -2.36. The minimum Gasteiger partial charge on any atom is -0.482 e. The predicted octanol–water partition coefficient (Wildman–Crippen LogP) is 3.41. The first-order chi connectivity index (χ1) is 8.96. The van der Waals surface area contributed by atoms with Crippen LogP contribution in [0.3, 0.4) is 0 Å². The predicted molar refractivity (Wildman–Crippen MR) is 76.5 cm³/mol. The second-order valence-corrected chi connectivity index (χ2v) is 6.30. The van der Waals surface area contributed by atoms with Crippen molar-refractivity contribution in [1.29, 1.82) is 0 Å². The monoisotopic (exact) mass is 281 g/mol. The summed E-state index contributed by atoms with van der Waals surface area (Å²) in [5.41, 5.74) is 0.335. The lowest BCUT2D eigenvalue weighted by atomic mass is 9.92. The maximum absolute atomic E-state index is 11.8. The molecule has 2 rings (SSSR count). The highest BCUT2D eigenvalue weighted by atomic mass is 35.5. The first-order valence-corrected chi connectivity index (χ1v) is 7.01. The molecule has 1 aromatic rings. The minimum atomic E-state index is -0.0809. The maximum Gasteiger partial charge on any atom is 0.258 e. The van der Waals surface area contributed by atoms with Crippen LogP contribution in [0.1, 0.15) is 33.1 Å². The smallest absolute Gasteiger partial charge is 0.258 e. The van der Waals surface area contributed by atoms with E-state index in [2.05, 4.69) is 19.2 Å². The van der Waals surface area contributed by atoms with Gasteiger partial charge < -0.3 is 10.1 Å². The van der Waals surface area contributed by atoms with Gasteiger partial charge in [-0.3, -0.25) is 4.79 Å². The molecule has 0 saturated heterocycles. The van der Waals surface area contributed by atoms with E-state index >= 15 is 0 Å². The van der Waals surface area contributed by atoms with Crippen LogP contribution in [0.25, 0.3) is 0 Å². The Morgan fingerprint density at radius 2 is 2.21 bits per heavy atom. The zero-order valence-corrected chi connectivity index (χ0v) is 12.2. The number of hydrogen-bond donors (Lipinski definition) is 1. The van der Waals surface area contributed by atoms with Crippen LogP contribution in [0, 0.1) is 5.41 Å². The van der Waals surface area contributed by atoms with Crippen molar-refractivity contribution < 1.29 is 9.53 Å². The fraction of sp³-hybridized carbons (Fsp3) is 0.533. The molecule has 3 nitrogen and oxygen atoms in total. The highest BCUT2D eigenvalue weighted by Crippen LogP contribution is 2.36. The molecule has 0 heterocycles. The molecule has 0 aromatic heterocycles. The fourth-order valence-corrected chi connectivity index (χ4v) is 2.72. The van der Waals surface area contributed by atoms with Crippen LogP contribution in [-0.4, -0.2) is 18.6 Å². The summed E-state index contributed by atoms with van der Waals surface area (Å²) >= 11 is 5.96. The molecule has 104 valence electrons. The van der Waals surface area contributed by atoms with E-state index in [9.17, 15) is 4.79 Å². The van der Waals surface area contributed by atoms with E-state index in [0.717, 1.165) is 19.3 Å². The molecule has 1 amide bonds. The quantitative estimate of drug-likeness (QED) is 0.918. The zero-order chi connectivity index (χ0) is 13.9. The number of hydrogen-bond acceptors (Lipinski definition) is 2. The number of halogens is 1. The summed E-state index contributed by atoms with van der Waals surface area (Å²) in [6.45, 7) is 4.49. The Balaban J connectivity index is 1.78. The van der Waals surface area contributed by atoms with Gasteiger partial charge in [0.1, 0.15) is 5.75 Å². The molecule has 4 heteroatoms. The lowest BCUT2D eigenvalue weighted by molar-refractivity contribution is -0.123. The van der Waals surface area contributed by atoms with E-state index in [4.69, 9.17) is 16.3 Å². The molecule has 1 aliphatic carbocycles. The van der Waals surface area contributed by atoms with Crippen LogP contribution in [-0.2, 0) is 4.79 Å². The third-order valence-electron chi connectivity index (χ3n) is 3.53. The van der Waals surface area contributed by atoms with Crippen molar-refractivity contribution in [2.24, 2.45) is 5.41 Å². The molecule has 1 N–H and O–H groups in total. The highest BCUT2D eigenvalue weighted by molar-refractivity contribution is 6.32. The van der Waals surface area contributed by atoms with Gasteiger partial charge in [0.05, 0.1) is 5.02 Å². The van der Waals surface area contributed by atoms with Crippen molar-refractivity contribution in [1.82, 2.24) is 5.32 Å². The largest absolute Gasteiger partial charge is 0.482 e. The first kappa shape index (κ1) is 14.2. The third kappa shape index (κ3) is 4.13.